The van der Waals surface area contributed by atoms with Gasteiger partial charge in [0.1, 0.15) is 5.78 Å². The third-order valence-corrected chi connectivity index (χ3v) is 5.10. The molecule has 0 aromatic carbocycles. The summed E-state index contributed by atoms with van der Waals surface area (Å²) in [6, 6.07) is 0.103. The topological polar surface area (TPSA) is 55.2 Å². The summed E-state index contributed by atoms with van der Waals surface area (Å²) in [5.74, 6) is 0.466. The van der Waals surface area contributed by atoms with Crippen LogP contribution in [0.2, 0.25) is 0 Å². The second-order valence-corrected chi connectivity index (χ2v) is 6.34. The van der Waals surface area contributed by atoms with Gasteiger partial charge in [0.25, 0.3) is 5.91 Å². The summed E-state index contributed by atoms with van der Waals surface area (Å²) < 4.78 is 1.76. The molecule has 0 N–H and O–H groups in total. The summed E-state index contributed by atoms with van der Waals surface area (Å²) in [4.78, 5) is 26.9. The van der Waals surface area contributed by atoms with Crippen LogP contribution in [0.25, 0.3) is 0 Å². The lowest BCUT2D eigenvalue weighted by Gasteiger charge is -2.28. The van der Waals surface area contributed by atoms with Crippen LogP contribution in [0.15, 0.2) is 0 Å². The van der Waals surface area contributed by atoms with Crippen molar-refractivity contribution >= 4 is 11.7 Å². The van der Waals surface area contributed by atoms with E-state index in [9.17, 15) is 9.59 Å². The maximum absolute atomic E-state index is 12.9. The Kier molecular flexibility index (Phi) is 3.59. The number of carbonyl (C=O) groups is 2. The molecule has 1 aliphatic carbocycles. The zero-order chi connectivity index (χ0) is 15.1. The molecule has 0 spiro atoms. The largest absolute Gasteiger partial charge is 0.335 e. The minimum atomic E-state index is 0.0558. The van der Waals surface area contributed by atoms with Gasteiger partial charge < -0.3 is 4.90 Å². The molecule has 5 heteroatoms. The van der Waals surface area contributed by atoms with Crippen molar-refractivity contribution in [3.05, 3.63) is 17.0 Å². The van der Waals surface area contributed by atoms with Crippen LogP contribution in [-0.2, 0) is 11.8 Å². The smallest absolute Gasteiger partial charge is 0.257 e. The summed E-state index contributed by atoms with van der Waals surface area (Å²) in [7, 11) is 1.86. The number of hydrogen-bond donors (Lipinski definition) is 0. The quantitative estimate of drug-likeness (QED) is 0.837. The van der Waals surface area contributed by atoms with Gasteiger partial charge >= 0.3 is 0 Å². The molecule has 21 heavy (non-hydrogen) atoms. The standard InChI is InChI=1S/C16H23N3O2/c1-10-15(11(2)18(3)17-10)16(21)19-9-5-7-13(19)12-6-4-8-14(12)20/h12-13H,4-9H2,1-3H3. The first-order valence-electron chi connectivity index (χ1n) is 7.84. The Labute approximate surface area is 125 Å². The number of carbonyl (C=O) groups excluding carboxylic acids is 2. The van der Waals surface area contributed by atoms with Crippen LogP contribution in [0.5, 0.6) is 0 Å². The Hall–Kier alpha value is -1.65. The molecular weight excluding hydrogens is 266 g/mol. The fraction of sp³-hybridized carbons (Fsp3) is 0.688. The first-order chi connectivity index (χ1) is 10.0. The summed E-state index contributed by atoms with van der Waals surface area (Å²) in [5, 5.41) is 4.34. The molecule has 2 aliphatic rings. The van der Waals surface area contributed by atoms with Crippen molar-refractivity contribution in [1.82, 2.24) is 14.7 Å². The van der Waals surface area contributed by atoms with Crippen LogP contribution < -0.4 is 0 Å². The Balaban J connectivity index is 1.88. The fourth-order valence-corrected chi connectivity index (χ4v) is 3.94. The van der Waals surface area contributed by atoms with E-state index in [1.165, 1.54) is 0 Å². The van der Waals surface area contributed by atoms with Crippen LogP contribution in [0.3, 0.4) is 0 Å². The van der Waals surface area contributed by atoms with Crippen molar-refractivity contribution in [2.45, 2.75) is 52.0 Å². The Morgan fingerprint density at radius 1 is 1.24 bits per heavy atom. The minimum absolute atomic E-state index is 0.0558. The molecule has 0 bridgehead atoms. The van der Waals surface area contributed by atoms with Crippen molar-refractivity contribution in [2.24, 2.45) is 13.0 Å². The van der Waals surface area contributed by atoms with Crippen molar-refractivity contribution in [3.8, 4) is 0 Å². The zero-order valence-electron chi connectivity index (χ0n) is 13.1. The van der Waals surface area contributed by atoms with Gasteiger partial charge in [0, 0.05) is 37.7 Å². The average Bonchev–Trinajstić information content (AvgIpc) is 3.10. The number of hydrogen-bond acceptors (Lipinski definition) is 3. The highest BCUT2D eigenvalue weighted by atomic mass is 16.2. The molecule has 1 aromatic heterocycles. The van der Waals surface area contributed by atoms with E-state index in [1.807, 2.05) is 25.8 Å². The zero-order valence-corrected chi connectivity index (χ0v) is 13.1. The Bertz CT molecular complexity index is 591. The third-order valence-electron chi connectivity index (χ3n) is 5.10. The Morgan fingerprint density at radius 3 is 2.57 bits per heavy atom. The predicted molar refractivity (Wildman–Crippen MR) is 79.1 cm³/mol. The average molecular weight is 289 g/mol. The van der Waals surface area contributed by atoms with Gasteiger partial charge in [0.15, 0.2) is 0 Å². The van der Waals surface area contributed by atoms with Gasteiger partial charge in [-0.2, -0.15) is 5.10 Å². The van der Waals surface area contributed by atoms with Crippen LogP contribution in [0.1, 0.15) is 53.8 Å². The molecule has 0 radical (unpaired) electrons. The van der Waals surface area contributed by atoms with E-state index >= 15 is 0 Å². The predicted octanol–water partition coefficient (Wildman–Crippen LogP) is 2.01. The molecule has 2 atom stereocenters. The highest BCUT2D eigenvalue weighted by Crippen LogP contribution is 2.34. The number of likely N-dealkylation sites (tertiary alicyclic amines) is 1. The lowest BCUT2D eigenvalue weighted by molar-refractivity contribution is -0.121. The highest BCUT2D eigenvalue weighted by molar-refractivity contribution is 5.97. The molecule has 5 nitrogen and oxygen atoms in total. The molecule has 1 saturated heterocycles. The van der Waals surface area contributed by atoms with Crippen molar-refractivity contribution in [2.75, 3.05) is 6.54 Å². The normalized spacial score (nSPS) is 25.9. The number of amides is 1. The summed E-state index contributed by atoms with van der Waals surface area (Å²) in [6.45, 7) is 4.58. The number of ketones is 1. The van der Waals surface area contributed by atoms with E-state index in [-0.39, 0.29) is 17.9 Å². The molecule has 1 saturated carbocycles. The Morgan fingerprint density at radius 2 is 2.00 bits per heavy atom. The number of aromatic nitrogens is 2. The molecule has 3 rings (SSSR count). The third kappa shape index (κ3) is 2.28. The van der Waals surface area contributed by atoms with Gasteiger partial charge in [-0.15, -0.1) is 0 Å². The molecule has 114 valence electrons. The van der Waals surface area contributed by atoms with Crippen molar-refractivity contribution in [1.29, 1.82) is 0 Å². The maximum atomic E-state index is 12.9. The van der Waals surface area contributed by atoms with E-state index < -0.39 is 0 Å². The van der Waals surface area contributed by atoms with E-state index in [4.69, 9.17) is 0 Å². The monoisotopic (exact) mass is 289 g/mol. The molecular formula is C16H23N3O2. The van der Waals surface area contributed by atoms with Crippen molar-refractivity contribution < 1.29 is 9.59 Å². The number of Topliss-reactive ketones (excluding diaryl/α,β-unsaturated/α-hetero) is 1. The molecule has 2 fully saturated rings. The van der Waals surface area contributed by atoms with E-state index in [0.717, 1.165) is 49.2 Å². The molecule has 2 heterocycles. The first kappa shape index (κ1) is 14.3. The van der Waals surface area contributed by atoms with Crippen molar-refractivity contribution in [3.63, 3.8) is 0 Å². The van der Waals surface area contributed by atoms with Crippen LogP contribution in [0.4, 0.5) is 0 Å². The van der Waals surface area contributed by atoms with Gasteiger partial charge in [-0.3, -0.25) is 14.3 Å². The van der Waals surface area contributed by atoms with Crippen LogP contribution in [-0.4, -0.2) is 39.0 Å². The number of nitrogens with zero attached hydrogens (tertiary/aromatic N) is 3. The summed E-state index contributed by atoms with van der Waals surface area (Å²) >= 11 is 0. The SMILES string of the molecule is Cc1nn(C)c(C)c1C(=O)N1CCCC1C1CCCC1=O. The molecule has 1 aromatic rings. The lowest BCUT2D eigenvalue weighted by Crippen LogP contribution is -2.41. The second kappa shape index (κ2) is 5.28. The van der Waals surface area contributed by atoms with Crippen LogP contribution >= 0.6 is 0 Å². The van der Waals surface area contributed by atoms with E-state index in [1.54, 1.807) is 4.68 Å². The van der Waals surface area contributed by atoms with Gasteiger partial charge in [0.05, 0.1) is 11.3 Å². The van der Waals surface area contributed by atoms with Gasteiger partial charge in [-0.05, 0) is 39.5 Å². The number of aryl methyl sites for hydroxylation is 2. The maximum Gasteiger partial charge on any atom is 0.257 e. The summed E-state index contributed by atoms with van der Waals surface area (Å²) in [5.41, 5.74) is 2.40. The van der Waals surface area contributed by atoms with Gasteiger partial charge in [-0.1, -0.05) is 0 Å². The second-order valence-electron chi connectivity index (χ2n) is 6.34. The number of rotatable bonds is 2. The summed E-state index contributed by atoms with van der Waals surface area (Å²) in [6.07, 6.45) is 4.57. The van der Waals surface area contributed by atoms with Gasteiger partial charge in [-0.25, -0.2) is 0 Å². The highest BCUT2D eigenvalue weighted by Gasteiger charge is 2.41. The fourth-order valence-electron chi connectivity index (χ4n) is 3.94. The lowest BCUT2D eigenvalue weighted by atomic mass is 9.94. The van der Waals surface area contributed by atoms with Gasteiger partial charge in [0.2, 0.25) is 0 Å². The molecule has 1 amide bonds. The first-order valence-corrected chi connectivity index (χ1v) is 7.84. The molecule has 1 aliphatic heterocycles. The van der Waals surface area contributed by atoms with E-state index in [2.05, 4.69) is 5.10 Å². The van der Waals surface area contributed by atoms with E-state index in [0.29, 0.717) is 12.2 Å². The molecule has 2 unspecified atom stereocenters. The van der Waals surface area contributed by atoms with Crippen LogP contribution in [0, 0.1) is 19.8 Å². The minimum Gasteiger partial charge on any atom is -0.335 e.